The molecular formula is C15H19F3N2O. The van der Waals surface area contributed by atoms with Crippen LogP contribution in [0.5, 0.6) is 0 Å². The lowest BCUT2D eigenvalue weighted by Crippen LogP contribution is -2.38. The van der Waals surface area contributed by atoms with E-state index in [1.54, 1.807) is 0 Å². The first kappa shape index (κ1) is 15.8. The van der Waals surface area contributed by atoms with Gasteiger partial charge in [0.2, 0.25) is 0 Å². The first-order valence-electron chi connectivity index (χ1n) is 7.13. The van der Waals surface area contributed by atoms with Crippen molar-refractivity contribution in [3.63, 3.8) is 0 Å². The largest absolute Gasteiger partial charge is 0.342 e. The number of rotatable bonds is 4. The highest BCUT2D eigenvalue weighted by molar-refractivity contribution is 5.94. The molecule has 1 amide bonds. The Hall–Kier alpha value is -1.56. The minimum Gasteiger partial charge on any atom is -0.342 e. The SMILES string of the molecule is CN(CCC1CCCCN1)C(=O)c1ccc(F)c(F)c1F. The van der Waals surface area contributed by atoms with Gasteiger partial charge in [-0.3, -0.25) is 4.79 Å². The van der Waals surface area contributed by atoms with Gasteiger partial charge in [0.1, 0.15) is 0 Å². The summed E-state index contributed by atoms with van der Waals surface area (Å²) in [4.78, 5) is 13.4. The fourth-order valence-corrected chi connectivity index (χ4v) is 2.52. The third-order valence-electron chi connectivity index (χ3n) is 3.84. The van der Waals surface area contributed by atoms with Crippen molar-refractivity contribution in [1.82, 2.24) is 10.2 Å². The van der Waals surface area contributed by atoms with Crippen molar-refractivity contribution in [2.24, 2.45) is 0 Å². The maximum atomic E-state index is 13.6. The molecule has 1 N–H and O–H groups in total. The first-order chi connectivity index (χ1) is 10.0. The van der Waals surface area contributed by atoms with Crippen LogP contribution in [0.1, 0.15) is 36.0 Å². The van der Waals surface area contributed by atoms with Gasteiger partial charge >= 0.3 is 0 Å². The van der Waals surface area contributed by atoms with Gasteiger partial charge in [0.15, 0.2) is 17.5 Å². The van der Waals surface area contributed by atoms with E-state index in [1.807, 2.05) is 0 Å². The monoisotopic (exact) mass is 300 g/mol. The average molecular weight is 300 g/mol. The van der Waals surface area contributed by atoms with Gasteiger partial charge in [-0.15, -0.1) is 0 Å². The summed E-state index contributed by atoms with van der Waals surface area (Å²) in [6, 6.07) is 2.09. The molecular weight excluding hydrogens is 281 g/mol. The van der Waals surface area contributed by atoms with Crippen molar-refractivity contribution < 1.29 is 18.0 Å². The summed E-state index contributed by atoms with van der Waals surface area (Å²) >= 11 is 0. The zero-order chi connectivity index (χ0) is 15.4. The maximum Gasteiger partial charge on any atom is 0.256 e. The molecule has 2 rings (SSSR count). The highest BCUT2D eigenvalue weighted by atomic mass is 19.2. The van der Waals surface area contributed by atoms with Crippen LogP contribution in [0.25, 0.3) is 0 Å². The van der Waals surface area contributed by atoms with Gasteiger partial charge in [-0.1, -0.05) is 6.42 Å². The topological polar surface area (TPSA) is 32.3 Å². The normalized spacial score (nSPS) is 18.6. The second kappa shape index (κ2) is 6.93. The van der Waals surface area contributed by atoms with Gasteiger partial charge in [-0.2, -0.15) is 0 Å². The summed E-state index contributed by atoms with van der Waals surface area (Å²) in [7, 11) is 1.53. The predicted molar refractivity (Wildman–Crippen MR) is 73.5 cm³/mol. The quantitative estimate of drug-likeness (QED) is 0.867. The lowest BCUT2D eigenvalue weighted by molar-refractivity contribution is 0.0782. The fraction of sp³-hybridized carbons (Fsp3) is 0.533. The number of piperidine rings is 1. The molecule has 0 spiro atoms. The minimum absolute atomic E-state index is 0.351. The molecule has 1 unspecified atom stereocenters. The Kier molecular flexibility index (Phi) is 5.22. The number of amides is 1. The molecule has 1 aromatic rings. The van der Waals surface area contributed by atoms with Crippen molar-refractivity contribution in [3.8, 4) is 0 Å². The smallest absolute Gasteiger partial charge is 0.256 e. The van der Waals surface area contributed by atoms with E-state index in [9.17, 15) is 18.0 Å². The standard InChI is InChI=1S/C15H19F3N2O/c1-20(9-7-10-4-2-3-8-19-10)15(21)11-5-6-12(16)14(18)13(11)17/h5-6,10,19H,2-4,7-9H2,1H3. The van der Waals surface area contributed by atoms with Crippen molar-refractivity contribution in [3.05, 3.63) is 35.1 Å². The summed E-state index contributed by atoms with van der Waals surface area (Å²) < 4.78 is 39.6. The van der Waals surface area contributed by atoms with Crippen molar-refractivity contribution >= 4 is 5.91 Å². The predicted octanol–water partition coefficient (Wildman–Crippen LogP) is 2.71. The highest BCUT2D eigenvalue weighted by Gasteiger charge is 2.22. The summed E-state index contributed by atoms with van der Waals surface area (Å²) in [6.07, 6.45) is 4.13. The van der Waals surface area contributed by atoms with E-state index in [2.05, 4.69) is 5.32 Å². The van der Waals surface area contributed by atoms with Gasteiger partial charge in [0.05, 0.1) is 5.56 Å². The molecule has 1 fully saturated rings. The number of nitrogens with one attached hydrogen (secondary N) is 1. The second-order valence-electron chi connectivity index (χ2n) is 5.39. The summed E-state index contributed by atoms with van der Waals surface area (Å²) in [6.45, 7) is 1.41. The molecule has 0 bridgehead atoms. The Morgan fingerprint density at radius 2 is 2.05 bits per heavy atom. The van der Waals surface area contributed by atoms with Gasteiger partial charge in [-0.05, 0) is 37.9 Å². The molecule has 1 aromatic carbocycles. The summed E-state index contributed by atoms with van der Waals surface area (Å²) in [5.74, 6) is -4.97. The Morgan fingerprint density at radius 3 is 2.71 bits per heavy atom. The van der Waals surface area contributed by atoms with E-state index in [4.69, 9.17) is 0 Å². The molecule has 0 aliphatic carbocycles. The summed E-state index contributed by atoms with van der Waals surface area (Å²) in [5, 5.41) is 3.36. The van der Waals surface area contributed by atoms with Crippen molar-refractivity contribution in [1.29, 1.82) is 0 Å². The Morgan fingerprint density at radius 1 is 1.29 bits per heavy atom. The zero-order valence-electron chi connectivity index (χ0n) is 12.0. The van der Waals surface area contributed by atoms with Crippen LogP contribution in [0.15, 0.2) is 12.1 Å². The molecule has 3 nitrogen and oxygen atoms in total. The van der Waals surface area contributed by atoms with E-state index in [0.29, 0.717) is 12.6 Å². The first-order valence-corrected chi connectivity index (χ1v) is 7.13. The number of benzene rings is 1. The lowest BCUT2D eigenvalue weighted by atomic mass is 10.0. The van der Waals surface area contributed by atoms with E-state index < -0.39 is 28.9 Å². The zero-order valence-corrected chi connectivity index (χ0v) is 12.0. The molecule has 21 heavy (non-hydrogen) atoms. The number of carbonyl (C=O) groups is 1. The maximum absolute atomic E-state index is 13.6. The van der Waals surface area contributed by atoms with Gasteiger partial charge in [0, 0.05) is 19.6 Å². The third-order valence-corrected chi connectivity index (χ3v) is 3.84. The highest BCUT2D eigenvalue weighted by Crippen LogP contribution is 2.17. The molecule has 1 aliphatic heterocycles. The Balaban J connectivity index is 1.97. The van der Waals surface area contributed by atoms with E-state index in [1.165, 1.54) is 11.9 Å². The molecule has 0 saturated carbocycles. The number of hydrogen-bond acceptors (Lipinski definition) is 2. The fourth-order valence-electron chi connectivity index (χ4n) is 2.52. The number of halogens is 3. The molecule has 0 radical (unpaired) electrons. The Labute approximate surface area is 122 Å². The average Bonchev–Trinajstić information content (AvgIpc) is 2.51. The van der Waals surface area contributed by atoms with Crippen LogP contribution < -0.4 is 5.32 Å². The number of carbonyl (C=O) groups excluding carboxylic acids is 1. The number of hydrogen-bond donors (Lipinski definition) is 1. The van der Waals surface area contributed by atoms with Crippen molar-refractivity contribution in [2.45, 2.75) is 31.7 Å². The van der Waals surface area contributed by atoms with Crippen LogP contribution in [0.2, 0.25) is 0 Å². The molecule has 0 aromatic heterocycles. The Bertz CT molecular complexity index is 516. The van der Waals surface area contributed by atoms with E-state index in [0.717, 1.165) is 44.4 Å². The van der Waals surface area contributed by atoms with Crippen LogP contribution in [0.3, 0.4) is 0 Å². The van der Waals surface area contributed by atoms with Gasteiger partial charge in [0.25, 0.3) is 5.91 Å². The van der Waals surface area contributed by atoms with E-state index in [-0.39, 0.29) is 0 Å². The van der Waals surface area contributed by atoms with Crippen LogP contribution >= 0.6 is 0 Å². The van der Waals surface area contributed by atoms with E-state index >= 15 is 0 Å². The van der Waals surface area contributed by atoms with Crippen LogP contribution in [0, 0.1) is 17.5 Å². The van der Waals surface area contributed by atoms with Gasteiger partial charge in [-0.25, -0.2) is 13.2 Å². The molecule has 1 atom stereocenters. The number of nitrogens with zero attached hydrogens (tertiary/aromatic N) is 1. The molecule has 1 aliphatic rings. The second-order valence-corrected chi connectivity index (χ2v) is 5.39. The van der Waals surface area contributed by atoms with Crippen LogP contribution in [0.4, 0.5) is 13.2 Å². The van der Waals surface area contributed by atoms with Gasteiger partial charge < -0.3 is 10.2 Å². The molecule has 1 saturated heterocycles. The molecule has 6 heteroatoms. The van der Waals surface area contributed by atoms with Crippen molar-refractivity contribution in [2.75, 3.05) is 20.1 Å². The van der Waals surface area contributed by atoms with Crippen LogP contribution in [-0.2, 0) is 0 Å². The van der Waals surface area contributed by atoms with Crippen LogP contribution in [-0.4, -0.2) is 37.0 Å². The molecule has 1 heterocycles. The summed E-state index contributed by atoms with van der Waals surface area (Å²) in [5.41, 5.74) is -0.437. The minimum atomic E-state index is -1.61. The third kappa shape index (κ3) is 3.75. The molecule has 116 valence electrons. The lowest BCUT2D eigenvalue weighted by Gasteiger charge is -2.26.